The Morgan fingerprint density at radius 1 is 1.40 bits per heavy atom. The molecule has 0 aromatic heterocycles. The minimum Gasteiger partial charge on any atom is -0.493 e. The number of hydrogen-bond acceptors (Lipinski definition) is 1. The summed E-state index contributed by atoms with van der Waals surface area (Å²) in [5.41, 5.74) is 1.09. The Balaban J connectivity index is 2.13. The molecule has 1 nitrogen and oxygen atoms in total. The van der Waals surface area contributed by atoms with Crippen LogP contribution in [0, 0.1) is 11.7 Å². The highest BCUT2D eigenvalue weighted by molar-refractivity contribution is 5.36. The van der Waals surface area contributed by atoms with Gasteiger partial charge in [0.25, 0.3) is 0 Å². The first-order valence-electron chi connectivity index (χ1n) is 5.59. The molecule has 0 spiro atoms. The number of halogens is 1. The Morgan fingerprint density at radius 2 is 2.13 bits per heavy atom. The normalized spacial score (nSPS) is 15.7. The van der Waals surface area contributed by atoms with E-state index in [1.54, 1.807) is 0 Å². The topological polar surface area (TPSA) is 9.23 Å². The molecule has 1 aliphatic carbocycles. The van der Waals surface area contributed by atoms with Crippen molar-refractivity contribution < 1.29 is 9.13 Å². The van der Waals surface area contributed by atoms with E-state index in [4.69, 9.17) is 4.74 Å². The maximum Gasteiger partial charge on any atom is 0.126 e. The summed E-state index contributed by atoms with van der Waals surface area (Å²) in [6, 6.07) is 4.82. The average molecular weight is 208 g/mol. The highest BCUT2D eigenvalue weighted by Crippen LogP contribution is 2.32. The first-order chi connectivity index (χ1) is 7.16. The minimum atomic E-state index is -0.217. The van der Waals surface area contributed by atoms with Gasteiger partial charge in [-0.1, -0.05) is 19.9 Å². The van der Waals surface area contributed by atoms with Crippen LogP contribution in [0.2, 0.25) is 0 Å². The Bertz CT molecular complexity index is 342. The van der Waals surface area contributed by atoms with Crippen molar-refractivity contribution in [3.05, 3.63) is 29.6 Å². The van der Waals surface area contributed by atoms with Crippen LogP contribution >= 0.6 is 0 Å². The van der Waals surface area contributed by atoms with Gasteiger partial charge in [0.15, 0.2) is 0 Å². The summed E-state index contributed by atoms with van der Waals surface area (Å²) in [5.74, 6) is 1.58. The molecule has 2 heteroatoms. The second kappa shape index (κ2) is 4.21. The van der Waals surface area contributed by atoms with Gasteiger partial charge in [0.1, 0.15) is 11.6 Å². The van der Waals surface area contributed by atoms with Crippen molar-refractivity contribution in [1.82, 2.24) is 0 Å². The molecule has 0 heterocycles. The Kier molecular flexibility index (Phi) is 2.94. The third kappa shape index (κ3) is 2.71. The van der Waals surface area contributed by atoms with Gasteiger partial charge in [0.05, 0.1) is 6.61 Å². The van der Waals surface area contributed by atoms with Crippen molar-refractivity contribution in [3.8, 4) is 5.75 Å². The fourth-order valence-electron chi connectivity index (χ4n) is 1.60. The van der Waals surface area contributed by atoms with Crippen molar-refractivity contribution in [2.45, 2.75) is 32.6 Å². The van der Waals surface area contributed by atoms with E-state index in [1.807, 2.05) is 6.07 Å². The molecule has 1 aliphatic rings. The van der Waals surface area contributed by atoms with Gasteiger partial charge < -0.3 is 4.74 Å². The lowest BCUT2D eigenvalue weighted by Gasteiger charge is -2.13. The second-order valence-corrected chi connectivity index (χ2v) is 4.59. The van der Waals surface area contributed by atoms with E-state index >= 15 is 0 Å². The molecular formula is C13H17FO. The Labute approximate surface area is 90.3 Å². The van der Waals surface area contributed by atoms with Crippen molar-refractivity contribution >= 4 is 0 Å². The van der Waals surface area contributed by atoms with E-state index in [1.165, 1.54) is 25.0 Å². The number of hydrogen-bond donors (Lipinski definition) is 0. The van der Waals surface area contributed by atoms with E-state index in [2.05, 4.69) is 13.8 Å². The largest absolute Gasteiger partial charge is 0.493 e. The summed E-state index contributed by atoms with van der Waals surface area (Å²) < 4.78 is 18.7. The zero-order chi connectivity index (χ0) is 10.8. The highest BCUT2D eigenvalue weighted by Gasteiger charge is 2.22. The van der Waals surface area contributed by atoms with Crippen LogP contribution < -0.4 is 4.74 Å². The van der Waals surface area contributed by atoms with Crippen molar-refractivity contribution in [3.63, 3.8) is 0 Å². The third-order valence-electron chi connectivity index (χ3n) is 2.77. The number of ether oxygens (including phenoxy) is 1. The summed E-state index contributed by atoms with van der Waals surface area (Å²) in [6.45, 7) is 4.93. The SMILES string of the molecule is CC(C)c1ccc(F)cc1OCC1CC1. The standard InChI is InChI=1S/C13H17FO/c1-9(2)12-6-5-11(14)7-13(12)15-8-10-3-4-10/h5-7,9-10H,3-4,8H2,1-2H3. The van der Waals surface area contributed by atoms with Crippen molar-refractivity contribution in [2.24, 2.45) is 5.92 Å². The van der Waals surface area contributed by atoms with Crippen LogP contribution in [-0.2, 0) is 0 Å². The summed E-state index contributed by atoms with van der Waals surface area (Å²) in [4.78, 5) is 0. The predicted octanol–water partition coefficient (Wildman–Crippen LogP) is 3.74. The fourth-order valence-corrected chi connectivity index (χ4v) is 1.60. The molecule has 1 aromatic rings. The van der Waals surface area contributed by atoms with Gasteiger partial charge >= 0.3 is 0 Å². The van der Waals surface area contributed by atoms with Gasteiger partial charge in [0.2, 0.25) is 0 Å². The fraction of sp³-hybridized carbons (Fsp3) is 0.538. The van der Waals surface area contributed by atoms with Crippen LogP contribution in [0.15, 0.2) is 18.2 Å². The molecule has 0 bridgehead atoms. The van der Waals surface area contributed by atoms with Gasteiger partial charge in [-0.15, -0.1) is 0 Å². The van der Waals surface area contributed by atoms with Gasteiger partial charge in [-0.3, -0.25) is 0 Å². The summed E-state index contributed by atoms with van der Waals surface area (Å²) >= 11 is 0. The first-order valence-corrected chi connectivity index (χ1v) is 5.59. The maximum atomic E-state index is 13.1. The second-order valence-electron chi connectivity index (χ2n) is 4.59. The molecular weight excluding hydrogens is 191 g/mol. The first kappa shape index (κ1) is 10.5. The molecule has 1 fully saturated rings. The van der Waals surface area contributed by atoms with Crippen LogP contribution in [0.3, 0.4) is 0 Å². The summed E-state index contributed by atoms with van der Waals surface area (Å²) in [7, 11) is 0. The average Bonchev–Trinajstić information content (AvgIpc) is 2.97. The molecule has 0 radical (unpaired) electrons. The Hall–Kier alpha value is -1.05. The molecule has 2 rings (SSSR count). The lowest BCUT2D eigenvalue weighted by Crippen LogP contribution is -2.03. The maximum absolute atomic E-state index is 13.1. The molecule has 82 valence electrons. The molecule has 1 saturated carbocycles. The zero-order valence-corrected chi connectivity index (χ0v) is 9.29. The van der Waals surface area contributed by atoms with Crippen LogP contribution in [0.4, 0.5) is 4.39 Å². The van der Waals surface area contributed by atoms with Gasteiger partial charge in [-0.2, -0.15) is 0 Å². The molecule has 0 unspecified atom stereocenters. The minimum absolute atomic E-state index is 0.217. The highest BCUT2D eigenvalue weighted by atomic mass is 19.1. The summed E-state index contributed by atoms with van der Waals surface area (Å²) in [6.07, 6.45) is 2.51. The van der Waals surface area contributed by atoms with Gasteiger partial charge in [-0.05, 0) is 36.3 Å². The van der Waals surface area contributed by atoms with E-state index < -0.39 is 0 Å². The number of benzene rings is 1. The predicted molar refractivity (Wildman–Crippen MR) is 58.7 cm³/mol. The van der Waals surface area contributed by atoms with E-state index in [9.17, 15) is 4.39 Å². The van der Waals surface area contributed by atoms with Crippen LogP contribution in [0.1, 0.15) is 38.2 Å². The molecule has 1 aromatic carbocycles. The van der Waals surface area contributed by atoms with E-state index in [-0.39, 0.29) is 5.82 Å². The zero-order valence-electron chi connectivity index (χ0n) is 9.29. The van der Waals surface area contributed by atoms with E-state index in [0.717, 1.165) is 17.9 Å². The summed E-state index contributed by atoms with van der Waals surface area (Å²) in [5, 5.41) is 0. The molecule has 0 N–H and O–H groups in total. The number of rotatable bonds is 4. The monoisotopic (exact) mass is 208 g/mol. The van der Waals surface area contributed by atoms with E-state index in [0.29, 0.717) is 11.8 Å². The Morgan fingerprint density at radius 3 is 2.73 bits per heavy atom. The molecule has 15 heavy (non-hydrogen) atoms. The molecule has 0 aliphatic heterocycles. The molecule has 0 amide bonds. The van der Waals surface area contributed by atoms with Crippen molar-refractivity contribution in [2.75, 3.05) is 6.61 Å². The lowest BCUT2D eigenvalue weighted by atomic mass is 10.0. The smallest absolute Gasteiger partial charge is 0.126 e. The van der Waals surface area contributed by atoms with Crippen LogP contribution in [0.5, 0.6) is 5.75 Å². The van der Waals surface area contributed by atoms with Crippen molar-refractivity contribution in [1.29, 1.82) is 0 Å². The van der Waals surface area contributed by atoms with Crippen LogP contribution in [-0.4, -0.2) is 6.61 Å². The lowest BCUT2D eigenvalue weighted by molar-refractivity contribution is 0.294. The molecule has 0 saturated heterocycles. The van der Waals surface area contributed by atoms with Gasteiger partial charge in [-0.25, -0.2) is 4.39 Å². The van der Waals surface area contributed by atoms with Gasteiger partial charge in [0, 0.05) is 6.07 Å². The quantitative estimate of drug-likeness (QED) is 0.732. The molecule has 0 atom stereocenters. The third-order valence-corrected chi connectivity index (χ3v) is 2.77. The van der Waals surface area contributed by atoms with Crippen LogP contribution in [0.25, 0.3) is 0 Å².